The summed E-state index contributed by atoms with van der Waals surface area (Å²) in [5.41, 5.74) is 0.0847. The molecular weight excluding hydrogens is 455 g/mol. The normalized spacial score (nSPS) is 11.7. The summed E-state index contributed by atoms with van der Waals surface area (Å²) in [6, 6.07) is 6.30. The van der Waals surface area contributed by atoms with E-state index >= 15 is 0 Å². The minimum absolute atomic E-state index is 0.109. The second kappa shape index (κ2) is 8.18. The minimum Gasteiger partial charge on any atom is -0.302 e. The summed E-state index contributed by atoms with van der Waals surface area (Å²) in [5, 5.41) is 3.07. The van der Waals surface area contributed by atoms with E-state index in [0.29, 0.717) is 5.56 Å². The first kappa shape index (κ1) is 18.3. The Morgan fingerprint density at radius 2 is 2.04 bits per heavy atom. The predicted molar refractivity (Wildman–Crippen MR) is 98.9 cm³/mol. The first-order chi connectivity index (χ1) is 11.0. The number of benzene rings is 1. The van der Waals surface area contributed by atoms with Gasteiger partial charge in [-0.15, -0.1) is 0 Å². The van der Waals surface area contributed by atoms with E-state index in [1.807, 2.05) is 21.2 Å². The molecule has 0 saturated heterocycles. The fourth-order valence-corrected chi connectivity index (χ4v) is 2.98. The highest BCUT2D eigenvalue weighted by molar-refractivity contribution is 14.2. The van der Waals surface area contributed by atoms with Crippen LogP contribution in [0.15, 0.2) is 35.1 Å². The van der Waals surface area contributed by atoms with E-state index < -0.39 is 17.6 Å². The Labute approximate surface area is 153 Å². The Kier molecular flexibility index (Phi) is 6.50. The number of hydrogen-bond donors (Lipinski definition) is 0. The molecule has 2 aromatic rings. The van der Waals surface area contributed by atoms with E-state index in [1.165, 1.54) is 20.5 Å². The average molecular weight is 466 g/mol. The molecule has 0 aliphatic heterocycles. The maximum atomic E-state index is 14.2. The zero-order chi connectivity index (χ0) is 17.0. The van der Waals surface area contributed by atoms with Crippen molar-refractivity contribution >= 4 is 41.7 Å². The summed E-state index contributed by atoms with van der Waals surface area (Å²) in [6.07, 6.45) is 0.202. The molecule has 0 aliphatic rings. The van der Waals surface area contributed by atoms with Crippen LogP contribution >= 0.6 is 41.7 Å². The van der Waals surface area contributed by atoms with Gasteiger partial charge in [0.05, 0.1) is 0 Å². The van der Waals surface area contributed by atoms with Crippen molar-refractivity contribution in [2.45, 2.75) is 12.3 Å². The van der Waals surface area contributed by atoms with Crippen molar-refractivity contribution < 1.29 is 8.78 Å². The average Bonchev–Trinajstić information content (AvgIpc) is 2.53. The van der Waals surface area contributed by atoms with Crippen LogP contribution < -0.4 is 5.56 Å². The van der Waals surface area contributed by atoms with Crippen LogP contribution in [0.25, 0.3) is 0 Å². The van der Waals surface area contributed by atoms with Crippen LogP contribution in [-0.4, -0.2) is 4.57 Å². The molecule has 0 bridgehead atoms. The lowest BCUT2D eigenvalue weighted by Gasteiger charge is -2.17. The summed E-state index contributed by atoms with van der Waals surface area (Å²) < 4.78 is 29.0. The molecule has 2 nitrogen and oxygen atoms in total. The zero-order valence-electron chi connectivity index (χ0n) is 11.9. The molecule has 1 aromatic carbocycles. The summed E-state index contributed by atoms with van der Waals surface area (Å²) in [6.45, 7) is 0. The van der Waals surface area contributed by atoms with Gasteiger partial charge in [0.1, 0.15) is 16.8 Å². The molecule has 0 amide bonds. The summed E-state index contributed by atoms with van der Waals surface area (Å²) >= 11 is 7.93. The van der Waals surface area contributed by atoms with Crippen molar-refractivity contribution in [3.05, 3.63) is 68.6 Å². The third kappa shape index (κ3) is 4.28. The summed E-state index contributed by atoms with van der Waals surface area (Å²) in [4.78, 5) is 12.4. The first-order valence-corrected chi connectivity index (χ1v) is 10.2. The molecule has 0 spiro atoms. The van der Waals surface area contributed by atoms with Gasteiger partial charge in [-0.3, -0.25) is 4.79 Å². The SMILES string of the molecule is Cn1c(Cl)ccc(C(CC#CSI)c2cc(F)ccc2F)c1=O. The molecule has 23 heavy (non-hydrogen) atoms. The Morgan fingerprint density at radius 1 is 1.30 bits per heavy atom. The van der Waals surface area contributed by atoms with Crippen molar-refractivity contribution in [3.8, 4) is 11.2 Å². The van der Waals surface area contributed by atoms with Gasteiger partial charge < -0.3 is 4.57 Å². The van der Waals surface area contributed by atoms with Gasteiger partial charge in [-0.25, -0.2) is 8.78 Å². The van der Waals surface area contributed by atoms with Crippen LogP contribution in [-0.2, 0) is 7.05 Å². The molecule has 0 aliphatic carbocycles. The predicted octanol–water partition coefficient (Wildman–Crippen LogP) is 4.88. The smallest absolute Gasteiger partial charge is 0.255 e. The van der Waals surface area contributed by atoms with Crippen molar-refractivity contribution in [2.24, 2.45) is 7.05 Å². The number of aromatic nitrogens is 1. The van der Waals surface area contributed by atoms with Crippen molar-refractivity contribution in [2.75, 3.05) is 0 Å². The zero-order valence-corrected chi connectivity index (χ0v) is 15.7. The minimum atomic E-state index is -0.669. The molecule has 1 atom stereocenters. The highest BCUT2D eigenvalue weighted by atomic mass is 127. The van der Waals surface area contributed by atoms with Gasteiger partial charge in [0, 0.05) is 46.2 Å². The molecule has 1 heterocycles. The second-order valence-electron chi connectivity index (χ2n) is 4.75. The van der Waals surface area contributed by atoms with E-state index in [2.05, 4.69) is 11.2 Å². The largest absolute Gasteiger partial charge is 0.302 e. The number of pyridine rings is 1. The molecule has 1 aromatic heterocycles. The number of rotatable bonds is 3. The van der Waals surface area contributed by atoms with Gasteiger partial charge in [-0.05, 0) is 50.1 Å². The third-order valence-corrected chi connectivity index (χ3v) is 4.66. The van der Waals surface area contributed by atoms with Gasteiger partial charge >= 0.3 is 0 Å². The van der Waals surface area contributed by atoms with Gasteiger partial charge in [0.15, 0.2) is 0 Å². The summed E-state index contributed by atoms with van der Waals surface area (Å²) in [5.74, 6) is 1.07. The van der Waals surface area contributed by atoms with Crippen LogP contribution in [0.1, 0.15) is 23.5 Å². The van der Waals surface area contributed by atoms with E-state index in [1.54, 1.807) is 12.1 Å². The first-order valence-electron chi connectivity index (χ1n) is 6.51. The molecule has 1 unspecified atom stereocenters. The van der Waals surface area contributed by atoms with Crippen LogP contribution in [0.2, 0.25) is 5.15 Å². The lowest BCUT2D eigenvalue weighted by molar-refractivity contribution is 0.574. The highest BCUT2D eigenvalue weighted by Crippen LogP contribution is 2.29. The number of nitrogens with zero attached hydrogens (tertiary/aromatic N) is 1. The highest BCUT2D eigenvalue weighted by Gasteiger charge is 2.22. The number of halogens is 4. The quantitative estimate of drug-likeness (QED) is 0.366. The molecule has 0 N–H and O–H groups in total. The van der Waals surface area contributed by atoms with E-state index in [9.17, 15) is 13.6 Å². The van der Waals surface area contributed by atoms with E-state index in [-0.39, 0.29) is 22.7 Å². The topological polar surface area (TPSA) is 22.0 Å². The Balaban J connectivity index is 2.61. The fourth-order valence-electron chi connectivity index (χ4n) is 2.24. The van der Waals surface area contributed by atoms with Gasteiger partial charge in [0.25, 0.3) is 5.56 Å². The standard InChI is InChI=1S/C16H11ClF2INOS/c1-21-15(17)7-5-12(16(21)22)11(3-2-8-23-20)13-9-10(18)4-6-14(13)19/h4-7,9,11H,3H2,1H3. The van der Waals surface area contributed by atoms with Gasteiger partial charge in [-0.2, -0.15) is 0 Å². The molecule has 0 fully saturated rings. The number of hydrogen-bond acceptors (Lipinski definition) is 2. The molecule has 0 radical (unpaired) electrons. The van der Waals surface area contributed by atoms with Crippen molar-refractivity contribution in [1.29, 1.82) is 0 Å². The Bertz CT molecular complexity index is 844. The van der Waals surface area contributed by atoms with Crippen LogP contribution in [0.3, 0.4) is 0 Å². The molecule has 120 valence electrons. The molecule has 0 saturated carbocycles. The monoisotopic (exact) mass is 465 g/mol. The van der Waals surface area contributed by atoms with E-state index in [4.69, 9.17) is 11.6 Å². The maximum absolute atomic E-state index is 14.2. The maximum Gasteiger partial charge on any atom is 0.255 e. The van der Waals surface area contributed by atoms with Crippen LogP contribution in [0.4, 0.5) is 8.78 Å². The van der Waals surface area contributed by atoms with Gasteiger partial charge in [0.2, 0.25) is 0 Å². The van der Waals surface area contributed by atoms with Crippen molar-refractivity contribution in [1.82, 2.24) is 4.57 Å². The molecule has 7 heteroatoms. The third-order valence-electron chi connectivity index (χ3n) is 3.40. The second-order valence-corrected chi connectivity index (χ2v) is 6.82. The Morgan fingerprint density at radius 3 is 2.74 bits per heavy atom. The summed E-state index contributed by atoms with van der Waals surface area (Å²) in [7, 11) is 2.82. The van der Waals surface area contributed by atoms with Crippen LogP contribution in [0, 0.1) is 22.8 Å². The lowest BCUT2D eigenvalue weighted by Crippen LogP contribution is -2.24. The Hall–Kier alpha value is -1.04. The molecule has 2 rings (SSSR count). The van der Waals surface area contributed by atoms with Gasteiger partial charge in [-0.1, -0.05) is 17.5 Å². The molecular formula is C16H11ClF2INOS. The van der Waals surface area contributed by atoms with Crippen LogP contribution in [0.5, 0.6) is 0 Å². The van der Waals surface area contributed by atoms with E-state index in [0.717, 1.165) is 18.2 Å². The lowest BCUT2D eigenvalue weighted by atomic mass is 9.89. The fraction of sp³-hybridized carbons (Fsp3) is 0.188. The van der Waals surface area contributed by atoms with Crippen molar-refractivity contribution in [3.63, 3.8) is 0 Å².